The van der Waals surface area contributed by atoms with Gasteiger partial charge >= 0.3 is 0 Å². The SMILES string of the molecule is O=C(N[C@H]1CN2CCC1CC2)c1cccc2c1Oc1ccccc1C2. The molecule has 0 aliphatic carbocycles. The zero-order valence-electron chi connectivity index (χ0n) is 14.2. The van der Waals surface area contributed by atoms with Crippen molar-refractivity contribution >= 4 is 5.91 Å². The lowest BCUT2D eigenvalue weighted by molar-refractivity contribution is 0.0619. The molecule has 4 heteroatoms. The first kappa shape index (κ1) is 15.0. The number of hydrogen-bond donors (Lipinski definition) is 1. The lowest BCUT2D eigenvalue weighted by Gasteiger charge is -2.45. The van der Waals surface area contributed by atoms with Crippen LogP contribution in [0.25, 0.3) is 0 Å². The van der Waals surface area contributed by atoms with E-state index in [-0.39, 0.29) is 11.9 Å². The predicted molar refractivity (Wildman–Crippen MR) is 96.2 cm³/mol. The number of piperidine rings is 3. The van der Waals surface area contributed by atoms with Gasteiger partial charge in [-0.25, -0.2) is 0 Å². The zero-order chi connectivity index (χ0) is 16.8. The highest BCUT2D eigenvalue weighted by atomic mass is 16.5. The fraction of sp³-hybridized carbons (Fsp3) is 0.381. The van der Waals surface area contributed by atoms with Crippen molar-refractivity contribution in [2.24, 2.45) is 5.92 Å². The number of fused-ring (bicyclic) bond motifs is 5. The molecule has 0 spiro atoms. The highest BCUT2D eigenvalue weighted by molar-refractivity contribution is 5.98. The number of nitrogens with one attached hydrogen (secondary N) is 1. The Morgan fingerprint density at radius 2 is 1.84 bits per heavy atom. The Balaban J connectivity index is 1.41. The largest absolute Gasteiger partial charge is 0.456 e. The number of hydrogen-bond acceptors (Lipinski definition) is 3. The molecule has 1 amide bonds. The van der Waals surface area contributed by atoms with E-state index in [0.717, 1.165) is 30.0 Å². The van der Waals surface area contributed by atoms with Gasteiger partial charge in [0.25, 0.3) is 5.91 Å². The van der Waals surface area contributed by atoms with Crippen molar-refractivity contribution in [1.82, 2.24) is 10.2 Å². The molecule has 25 heavy (non-hydrogen) atoms. The number of benzene rings is 2. The van der Waals surface area contributed by atoms with Crippen LogP contribution in [-0.4, -0.2) is 36.5 Å². The Morgan fingerprint density at radius 1 is 1.04 bits per heavy atom. The summed E-state index contributed by atoms with van der Waals surface area (Å²) < 4.78 is 6.11. The Hall–Kier alpha value is -2.33. The molecular formula is C21H22N2O2. The average molecular weight is 334 g/mol. The Kier molecular flexibility index (Phi) is 3.52. The van der Waals surface area contributed by atoms with Crippen LogP contribution in [0.2, 0.25) is 0 Å². The number of carbonyl (C=O) groups is 1. The molecule has 2 aromatic rings. The monoisotopic (exact) mass is 334 g/mol. The molecule has 4 heterocycles. The maximum absolute atomic E-state index is 13.0. The summed E-state index contributed by atoms with van der Waals surface area (Å²) in [6.07, 6.45) is 3.20. The van der Waals surface area contributed by atoms with Gasteiger partial charge in [0.2, 0.25) is 0 Å². The van der Waals surface area contributed by atoms with E-state index in [2.05, 4.69) is 22.3 Å². The Morgan fingerprint density at radius 3 is 2.64 bits per heavy atom. The molecule has 0 saturated carbocycles. The van der Waals surface area contributed by atoms with E-state index >= 15 is 0 Å². The second-order valence-electron chi connectivity index (χ2n) is 7.40. The predicted octanol–water partition coefficient (Wildman–Crippen LogP) is 3.21. The number of amides is 1. The summed E-state index contributed by atoms with van der Waals surface area (Å²) in [6.45, 7) is 3.34. The number of para-hydroxylation sites is 2. The van der Waals surface area contributed by atoms with Gasteiger partial charge in [-0.1, -0.05) is 30.3 Å². The summed E-state index contributed by atoms with van der Waals surface area (Å²) in [4.78, 5) is 15.4. The maximum Gasteiger partial charge on any atom is 0.255 e. The van der Waals surface area contributed by atoms with Gasteiger partial charge < -0.3 is 15.0 Å². The Bertz CT molecular complexity index is 824. The topological polar surface area (TPSA) is 41.6 Å². The molecule has 4 aliphatic rings. The maximum atomic E-state index is 13.0. The molecule has 1 N–H and O–H groups in total. The molecule has 3 fully saturated rings. The highest BCUT2D eigenvalue weighted by Gasteiger charge is 2.35. The molecule has 2 aromatic carbocycles. The molecule has 1 atom stereocenters. The number of carbonyl (C=O) groups excluding carboxylic acids is 1. The molecule has 0 unspecified atom stereocenters. The van der Waals surface area contributed by atoms with Gasteiger partial charge in [-0.3, -0.25) is 4.79 Å². The van der Waals surface area contributed by atoms with Gasteiger partial charge in [0.05, 0.1) is 5.56 Å². The van der Waals surface area contributed by atoms with Crippen molar-refractivity contribution < 1.29 is 9.53 Å². The van der Waals surface area contributed by atoms with Crippen LogP contribution in [-0.2, 0) is 6.42 Å². The third-order valence-electron chi connectivity index (χ3n) is 5.88. The molecule has 6 rings (SSSR count). The third-order valence-corrected chi connectivity index (χ3v) is 5.88. The normalized spacial score (nSPS) is 26.3. The number of ether oxygens (including phenoxy) is 1. The lowest BCUT2D eigenvalue weighted by atomic mass is 9.84. The van der Waals surface area contributed by atoms with E-state index in [1.165, 1.54) is 31.5 Å². The van der Waals surface area contributed by atoms with Crippen LogP contribution in [0.1, 0.15) is 34.3 Å². The average Bonchev–Trinajstić information content (AvgIpc) is 2.66. The summed E-state index contributed by atoms with van der Waals surface area (Å²) in [5, 5.41) is 3.28. The summed E-state index contributed by atoms with van der Waals surface area (Å²) >= 11 is 0. The summed E-state index contributed by atoms with van der Waals surface area (Å²) in [5.41, 5.74) is 2.91. The molecule has 2 bridgehead atoms. The molecular weight excluding hydrogens is 312 g/mol. The van der Waals surface area contributed by atoms with E-state index < -0.39 is 0 Å². The fourth-order valence-electron chi connectivity index (χ4n) is 4.46. The van der Waals surface area contributed by atoms with Gasteiger partial charge in [-0.05, 0) is 49.5 Å². The number of rotatable bonds is 2. The van der Waals surface area contributed by atoms with Gasteiger partial charge in [0.15, 0.2) is 0 Å². The van der Waals surface area contributed by atoms with Crippen molar-refractivity contribution in [3.8, 4) is 11.5 Å². The van der Waals surface area contributed by atoms with Gasteiger partial charge in [-0.2, -0.15) is 0 Å². The van der Waals surface area contributed by atoms with Crippen molar-refractivity contribution in [1.29, 1.82) is 0 Å². The van der Waals surface area contributed by atoms with Crippen molar-refractivity contribution in [3.05, 3.63) is 59.2 Å². The van der Waals surface area contributed by atoms with Crippen LogP contribution in [0.3, 0.4) is 0 Å². The minimum Gasteiger partial charge on any atom is -0.456 e. The van der Waals surface area contributed by atoms with E-state index in [4.69, 9.17) is 4.74 Å². The first-order valence-electron chi connectivity index (χ1n) is 9.19. The van der Waals surface area contributed by atoms with Crippen molar-refractivity contribution in [3.63, 3.8) is 0 Å². The van der Waals surface area contributed by atoms with Gasteiger partial charge in [0.1, 0.15) is 11.5 Å². The van der Waals surface area contributed by atoms with Crippen molar-refractivity contribution in [2.45, 2.75) is 25.3 Å². The zero-order valence-corrected chi connectivity index (χ0v) is 14.2. The first-order valence-corrected chi connectivity index (χ1v) is 9.19. The minimum atomic E-state index is -0.00465. The standard InChI is InChI=1S/C21H22N2O2/c24-21(22-18-13-23-10-8-14(18)9-11-23)17-6-3-5-16-12-15-4-1-2-7-19(15)25-20(16)17/h1-7,14,18H,8-13H2,(H,22,24)/t18-/m0/s1. The van der Waals surface area contributed by atoms with Crippen LogP contribution in [0.15, 0.2) is 42.5 Å². The van der Waals surface area contributed by atoms with Crippen LogP contribution in [0.5, 0.6) is 11.5 Å². The van der Waals surface area contributed by atoms with Crippen LogP contribution >= 0.6 is 0 Å². The molecule has 4 aliphatic heterocycles. The Labute approximate surface area is 147 Å². The van der Waals surface area contributed by atoms with E-state index in [1.54, 1.807) is 0 Å². The third kappa shape index (κ3) is 2.61. The quantitative estimate of drug-likeness (QED) is 0.782. The van der Waals surface area contributed by atoms with Gasteiger partial charge in [0, 0.05) is 24.6 Å². The van der Waals surface area contributed by atoms with E-state index in [9.17, 15) is 4.79 Å². The summed E-state index contributed by atoms with van der Waals surface area (Å²) in [5.74, 6) is 2.20. The highest BCUT2D eigenvalue weighted by Crippen LogP contribution is 2.38. The molecule has 128 valence electrons. The second kappa shape index (κ2) is 5.88. The van der Waals surface area contributed by atoms with Crippen molar-refractivity contribution in [2.75, 3.05) is 19.6 Å². The fourth-order valence-corrected chi connectivity index (χ4v) is 4.46. The molecule has 0 aromatic heterocycles. The van der Waals surface area contributed by atoms with Crippen LogP contribution in [0, 0.1) is 5.92 Å². The summed E-state index contributed by atoms with van der Waals surface area (Å²) in [6, 6.07) is 14.2. The first-order chi connectivity index (χ1) is 12.3. The lowest BCUT2D eigenvalue weighted by Crippen LogP contribution is -2.57. The van der Waals surface area contributed by atoms with Crippen LogP contribution < -0.4 is 10.1 Å². The van der Waals surface area contributed by atoms with Crippen LogP contribution in [0.4, 0.5) is 0 Å². The van der Waals surface area contributed by atoms with Gasteiger partial charge in [-0.15, -0.1) is 0 Å². The smallest absolute Gasteiger partial charge is 0.255 e. The number of nitrogens with zero attached hydrogens (tertiary/aromatic N) is 1. The second-order valence-corrected chi connectivity index (χ2v) is 7.40. The van der Waals surface area contributed by atoms with E-state index in [1.807, 2.05) is 30.3 Å². The van der Waals surface area contributed by atoms with E-state index in [0.29, 0.717) is 11.5 Å². The molecule has 4 nitrogen and oxygen atoms in total. The molecule has 0 radical (unpaired) electrons. The molecule has 3 saturated heterocycles. The summed E-state index contributed by atoms with van der Waals surface area (Å²) in [7, 11) is 0. The minimum absolute atomic E-state index is 0.00465.